The van der Waals surface area contributed by atoms with Crippen molar-refractivity contribution in [2.75, 3.05) is 17.3 Å². The van der Waals surface area contributed by atoms with Gasteiger partial charge in [0.1, 0.15) is 13.2 Å². The minimum atomic E-state index is -1.03. The Balaban J connectivity index is 1.76. The summed E-state index contributed by atoms with van der Waals surface area (Å²) in [6, 6.07) is 17.3. The standard InChI is InChI=1S/C23H20N4O8/c1-24-20-4-2-3-5-21(20)25(22(28)34-14-16-6-10-18(11-7-16)26(30)31)23(29)35-15-17-8-12-19(13-9-17)27(32)33/h2-13,24H,14-15H2,1H3. The molecule has 0 aliphatic heterocycles. The van der Waals surface area contributed by atoms with E-state index in [2.05, 4.69) is 5.32 Å². The maximum atomic E-state index is 12.9. The zero-order chi connectivity index (χ0) is 25.4. The number of carbonyl (C=O) groups excluding carboxylic acids is 2. The predicted octanol–water partition coefficient (Wildman–Crippen LogP) is 5.02. The van der Waals surface area contributed by atoms with E-state index in [9.17, 15) is 29.8 Å². The molecule has 12 heteroatoms. The molecule has 0 aliphatic carbocycles. The van der Waals surface area contributed by atoms with E-state index in [0.29, 0.717) is 21.7 Å². The van der Waals surface area contributed by atoms with E-state index < -0.39 is 22.0 Å². The second-order valence-corrected chi connectivity index (χ2v) is 7.06. The van der Waals surface area contributed by atoms with Gasteiger partial charge >= 0.3 is 12.2 Å². The maximum Gasteiger partial charge on any atom is 0.424 e. The van der Waals surface area contributed by atoms with Crippen LogP contribution in [-0.2, 0) is 22.7 Å². The molecule has 1 N–H and O–H groups in total. The van der Waals surface area contributed by atoms with Gasteiger partial charge in [0.25, 0.3) is 11.4 Å². The van der Waals surface area contributed by atoms with Gasteiger partial charge in [0.2, 0.25) is 0 Å². The van der Waals surface area contributed by atoms with Crippen molar-refractivity contribution in [3.05, 3.63) is 104 Å². The van der Waals surface area contributed by atoms with Gasteiger partial charge < -0.3 is 14.8 Å². The Kier molecular flexibility index (Phi) is 7.90. The van der Waals surface area contributed by atoms with Crippen molar-refractivity contribution < 1.29 is 28.9 Å². The molecule has 180 valence electrons. The van der Waals surface area contributed by atoms with Crippen molar-refractivity contribution >= 4 is 34.9 Å². The Morgan fingerprint density at radius 3 is 1.60 bits per heavy atom. The van der Waals surface area contributed by atoms with Crippen LogP contribution in [0.25, 0.3) is 0 Å². The number of benzene rings is 3. The molecule has 0 saturated carbocycles. The molecule has 35 heavy (non-hydrogen) atoms. The molecule has 0 aliphatic rings. The summed E-state index contributed by atoms with van der Waals surface area (Å²) in [5, 5.41) is 24.5. The number of nitro benzene ring substituents is 2. The summed E-state index contributed by atoms with van der Waals surface area (Å²) in [5.41, 5.74) is 1.36. The van der Waals surface area contributed by atoms with Crippen LogP contribution in [0, 0.1) is 20.2 Å². The summed E-state index contributed by atoms with van der Waals surface area (Å²) in [7, 11) is 1.61. The third-order valence-electron chi connectivity index (χ3n) is 4.80. The number of rotatable bonds is 8. The molecule has 0 aromatic heterocycles. The van der Waals surface area contributed by atoms with Crippen molar-refractivity contribution in [2.45, 2.75) is 13.2 Å². The zero-order valence-corrected chi connectivity index (χ0v) is 18.5. The fraction of sp³-hybridized carbons (Fsp3) is 0.130. The highest BCUT2D eigenvalue weighted by atomic mass is 16.6. The van der Waals surface area contributed by atoms with Crippen molar-refractivity contribution in [3.8, 4) is 0 Å². The zero-order valence-electron chi connectivity index (χ0n) is 18.5. The molecule has 3 aromatic carbocycles. The first-order valence-corrected chi connectivity index (χ1v) is 10.2. The van der Waals surface area contributed by atoms with Crippen LogP contribution >= 0.6 is 0 Å². The lowest BCUT2D eigenvalue weighted by atomic mass is 10.2. The molecule has 0 radical (unpaired) electrons. The number of nitro groups is 2. The first kappa shape index (κ1) is 24.6. The average molecular weight is 480 g/mol. The number of anilines is 2. The van der Waals surface area contributed by atoms with Crippen LogP contribution in [0.15, 0.2) is 72.8 Å². The summed E-state index contributed by atoms with van der Waals surface area (Å²) in [6.45, 7) is -0.491. The van der Waals surface area contributed by atoms with Crippen LogP contribution in [0.1, 0.15) is 11.1 Å². The molecule has 0 saturated heterocycles. The normalized spacial score (nSPS) is 10.2. The first-order valence-electron chi connectivity index (χ1n) is 10.2. The highest BCUT2D eigenvalue weighted by molar-refractivity contribution is 6.11. The number of nitrogens with one attached hydrogen (secondary N) is 1. The number of amides is 2. The smallest absolute Gasteiger partial charge is 0.424 e. The van der Waals surface area contributed by atoms with Crippen molar-refractivity contribution in [3.63, 3.8) is 0 Å². The van der Waals surface area contributed by atoms with Gasteiger partial charge in [-0.2, -0.15) is 4.90 Å². The van der Waals surface area contributed by atoms with E-state index in [1.807, 2.05) is 0 Å². The largest absolute Gasteiger partial charge is 0.444 e. The molecule has 3 rings (SSSR count). The lowest BCUT2D eigenvalue weighted by molar-refractivity contribution is -0.385. The quantitative estimate of drug-likeness (QED) is 0.345. The van der Waals surface area contributed by atoms with Gasteiger partial charge in [0.05, 0.1) is 21.2 Å². The van der Waals surface area contributed by atoms with E-state index in [-0.39, 0.29) is 30.3 Å². The van der Waals surface area contributed by atoms with Crippen molar-refractivity contribution in [2.24, 2.45) is 0 Å². The van der Waals surface area contributed by atoms with Crippen molar-refractivity contribution in [1.82, 2.24) is 0 Å². The van der Waals surface area contributed by atoms with Crippen LogP contribution in [0.2, 0.25) is 0 Å². The second-order valence-electron chi connectivity index (χ2n) is 7.06. The molecular weight excluding hydrogens is 460 g/mol. The van der Waals surface area contributed by atoms with E-state index in [0.717, 1.165) is 0 Å². The second kappa shape index (κ2) is 11.2. The molecule has 3 aromatic rings. The summed E-state index contributed by atoms with van der Waals surface area (Å²) in [6.07, 6.45) is -2.06. The highest BCUT2D eigenvalue weighted by Crippen LogP contribution is 2.27. The minimum Gasteiger partial charge on any atom is -0.444 e. The Morgan fingerprint density at radius 1 is 0.771 bits per heavy atom. The molecular formula is C23H20N4O8. The van der Waals surface area contributed by atoms with Gasteiger partial charge in [-0.15, -0.1) is 0 Å². The number of para-hydroxylation sites is 2. The molecule has 0 heterocycles. The lowest BCUT2D eigenvalue weighted by Crippen LogP contribution is -2.38. The van der Waals surface area contributed by atoms with Crippen molar-refractivity contribution in [1.29, 1.82) is 0 Å². The number of hydrogen-bond acceptors (Lipinski definition) is 9. The topological polar surface area (TPSA) is 154 Å². The van der Waals surface area contributed by atoms with E-state index in [1.165, 1.54) is 54.6 Å². The molecule has 0 atom stereocenters. The fourth-order valence-corrected chi connectivity index (χ4v) is 3.00. The molecule has 0 fully saturated rings. The Morgan fingerprint density at radius 2 is 1.20 bits per heavy atom. The van der Waals surface area contributed by atoms with Crippen LogP contribution in [-0.4, -0.2) is 29.1 Å². The fourth-order valence-electron chi connectivity index (χ4n) is 3.00. The van der Waals surface area contributed by atoms with Crippen LogP contribution in [0.5, 0.6) is 0 Å². The molecule has 0 spiro atoms. The number of non-ortho nitro benzene ring substituents is 2. The molecule has 2 amide bonds. The van der Waals surface area contributed by atoms with Gasteiger partial charge in [-0.1, -0.05) is 12.1 Å². The summed E-state index contributed by atoms with van der Waals surface area (Å²) >= 11 is 0. The highest BCUT2D eigenvalue weighted by Gasteiger charge is 2.29. The van der Waals surface area contributed by atoms with Crippen LogP contribution in [0.4, 0.5) is 32.3 Å². The average Bonchev–Trinajstić information content (AvgIpc) is 2.87. The number of nitrogens with zero attached hydrogens (tertiary/aromatic N) is 3. The number of hydrogen-bond donors (Lipinski definition) is 1. The maximum absolute atomic E-state index is 12.9. The van der Waals surface area contributed by atoms with Gasteiger partial charge in [0.15, 0.2) is 0 Å². The molecule has 12 nitrogen and oxygen atoms in total. The molecule has 0 bridgehead atoms. The third kappa shape index (κ3) is 6.28. The van der Waals surface area contributed by atoms with E-state index in [4.69, 9.17) is 9.47 Å². The van der Waals surface area contributed by atoms with E-state index in [1.54, 1.807) is 25.2 Å². The summed E-state index contributed by atoms with van der Waals surface area (Å²) in [5.74, 6) is 0. The van der Waals surface area contributed by atoms with Gasteiger partial charge in [-0.25, -0.2) is 9.59 Å². The SMILES string of the molecule is CNc1ccccc1N(C(=O)OCc1ccc([N+](=O)[O-])cc1)C(=O)OCc1ccc([N+](=O)[O-])cc1. The Labute approximate surface area is 199 Å². The van der Waals surface area contributed by atoms with Gasteiger partial charge in [0, 0.05) is 31.3 Å². The predicted molar refractivity (Wildman–Crippen MR) is 125 cm³/mol. The van der Waals surface area contributed by atoms with Crippen LogP contribution < -0.4 is 10.2 Å². The minimum absolute atomic E-state index is 0.112. The summed E-state index contributed by atoms with van der Waals surface area (Å²) in [4.78, 5) is 47.1. The Hall–Kier alpha value is -5.00. The number of imide groups is 1. The van der Waals surface area contributed by atoms with E-state index >= 15 is 0 Å². The van der Waals surface area contributed by atoms with Gasteiger partial charge in [-0.05, 0) is 47.5 Å². The number of ether oxygens (including phenoxy) is 2. The lowest BCUT2D eigenvalue weighted by Gasteiger charge is -2.22. The van der Waals surface area contributed by atoms with Gasteiger partial charge in [-0.3, -0.25) is 20.2 Å². The first-order chi connectivity index (χ1) is 16.8. The monoisotopic (exact) mass is 480 g/mol. The summed E-state index contributed by atoms with van der Waals surface area (Å²) < 4.78 is 10.5. The third-order valence-corrected chi connectivity index (χ3v) is 4.80. The number of carbonyl (C=O) groups is 2. The Bertz CT molecular complexity index is 1160. The molecule has 0 unspecified atom stereocenters. The van der Waals surface area contributed by atoms with Crippen LogP contribution in [0.3, 0.4) is 0 Å².